The molecule has 6 heteroatoms. The molecule has 0 aliphatic carbocycles. The molecule has 0 saturated heterocycles. The maximum Gasteiger partial charge on any atom is 0.263 e. The number of hydrogen-bond donors (Lipinski definition) is 1. The van der Waals surface area contributed by atoms with E-state index in [1.807, 2.05) is 26.0 Å². The van der Waals surface area contributed by atoms with E-state index in [0.29, 0.717) is 17.2 Å². The first-order valence-electron chi connectivity index (χ1n) is 9.20. The van der Waals surface area contributed by atoms with Gasteiger partial charge in [0.1, 0.15) is 10.6 Å². The molecule has 0 fully saturated rings. The highest BCUT2D eigenvalue weighted by atomic mass is 32.1. The molecule has 4 rings (SSSR count). The van der Waals surface area contributed by atoms with Gasteiger partial charge in [-0.05, 0) is 51.0 Å². The van der Waals surface area contributed by atoms with Crippen molar-refractivity contribution in [2.75, 3.05) is 18.0 Å². The summed E-state index contributed by atoms with van der Waals surface area (Å²) in [4.78, 5) is 20.2. The van der Waals surface area contributed by atoms with E-state index in [1.165, 1.54) is 22.6 Å². The van der Waals surface area contributed by atoms with Gasteiger partial charge in [0.05, 0.1) is 5.69 Å². The minimum atomic E-state index is -0.0705. The van der Waals surface area contributed by atoms with Gasteiger partial charge in [-0.2, -0.15) is 0 Å². The summed E-state index contributed by atoms with van der Waals surface area (Å²) >= 11 is 1.38. The lowest BCUT2D eigenvalue weighted by molar-refractivity contribution is 0.0955. The molecule has 3 heterocycles. The van der Waals surface area contributed by atoms with Crippen LogP contribution >= 0.6 is 11.3 Å². The van der Waals surface area contributed by atoms with E-state index < -0.39 is 0 Å². The molecule has 0 bridgehead atoms. The summed E-state index contributed by atoms with van der Waals surface area (Å²) in [5, 5.41) is 3.82. The zero-order chi connectivity index (χ0) is 19.0. The Hall–Kier alpha value is -2.60. The number of rotatable bonds is 5. The smallest absolute Gasteiger partial charge is 0.263 e. The molecule has 1 atom stereocenters. The minimum Gasteiger partial charge on any atom is -0.459 e. The van der Waals surface area contributed by atoms with Gasteiger partial charge in [-0.15, -0.1) is 11.3 Å². The number of aryl methyl sites for hydroxylation is 2. The summed E-state index contributed by atoms with van der Waals surface area (Å²) in [6.45, 7) is 7.51. The SMILES string of the molecule is Cc1ccc(-c2nc(C)c(C(=O)NC[C@@H](C)N3CCc4ccccc43)s2)o1. The lowest BCUT2D eigenvalue weighted by Crippen LogP contribution is -2.41. The van der Waals surface area contributed by atoms with E-state index in [1.54, 1.807) is 0 Å². The lowest BCUT2D eigenvalue weighted by atomic mass is 10.2. The second-order valence-corrected chi connectivity index (χ2v) is 7.97. The predicted octanol–water partition coefficient (Wildman–Crippen LogP) is 4.20. The first kappa shape index (κ1) is 17.8. The molecule has 1 aromatic carbocycles. The van der Waals surface area contributed by atoms with Crippen molar-refractivity contribution >= 4 is 22.9 Å². The van der Waals surface area contributed by atoms with Crippen LogP contribution in [0.1, 0.15) is 33.6 Å². The average molecular weight is 382 g/mol. The van der Waals surface area contributed by atoms with Crippen molar-refractivity contribution < 1.29 is 9.21 Å². The number of amides is 1. The summed E-state index contributed by atoms with van der Waals surface area (Å²) in [7, 11) is 0. The van der Waals surface area contributed by atoms with Gasteiger partial charge in [-0.25, -0.2) is 4.98 Å². The van der Waals surface area contributed by atoms with Crippen LogP contribution in [-0.4, -0.2) is 30.0 Å². The van der Waals surface area contributed by atoms with Crippen molar-refractivity contribution in [2.45, 2.75) is 33.2 Å². The second kappa shape index (κ2) is 7.19. The molecule has 1 aliphatic heterocycles. The summed E-state index contributed by atoms with van der Waals surface area (Å²) in [5.41, 5.74) is 3.40. The zero-order valence-corrected chi connectivity index (χ0v) is 16.6. The Balaban J connectivity index is 1.42. The van der Waals surface area contributed by atoms with Crippen LogP contribution in [0.2, 0.25) is 0 Å². The molecular weight excluding hydrogens is 358 g/mol. The van der Waals surface area contributed by atoms with Crippen LogP contribution in [0.25, 0.3) is 10.8 Å². The molecule has 27 heavy (non-hydrogen) atoms. The summed E-state index contributed by atoms with van der Waals surface area (Å²) in [5.74, 6) is 1.48. The first-order chi connectivity index (χ1) is 13.0. The Bertz CT molecular complexity index is 975. The van der Waals surface area contributed by atoms with E-state index in [0.717, 1.165) is 29.4 Å². The highest BCUT2D eigenvalue weighted by Gasteiger charge is 2.24. The second-order valence-electron chi connectivity index (χ2n) is 6.98. The Kier molecular flexibility index (Phi) is 4.74. The lowest BCUT2D eigenvalue weighted by Gasteiger charge is -2.27. The van der Waals surface area contributed by atoms with Gasteiger partial charge >= 0.3 is 0 Å². The van der Waals surface area contributed by atoms with Crippen LogP contribution in [-0.2, 0) is 6.42 Å². The zero-order valence-electron chi connectivity index (χ0n) is 15.8. The Morgan fingerprint density at radius 3 is 2.89 bits per heavy atom. The molecule has 1 amide bonds. The third-order valence-electron chi connectivity index (χ3n) is 4.97. The number of hydrogen-bond acceptors (Lipinski definition) is 5. The number of fused-ring (bicyclic) bond motifs is 1. The van der Waals surface area contributed by atoms with Crippen molar-refractivity contribution in [3.05, 3.63) is 58.3 Å². The van der Waals surface area contributed by atoms with Crippen LogP contribution in [0.3, 0.4) is 0 Å². The highest BCUT2D eigenvalue weighted by molar-refractivity contribution is 7.17. The minimum absolute atomic E-state index is 0.0705. The van der Waals surface area contributed by atoms with E-state index in [4.69, 9.17) is 4.42 Å². The van der Waals surface area contributed by atoms with E-state index in [2.05, 4.69) is 46.4 Å². The number of thiazole rings is 1. The maximum atomic E-state index is 12.7. The number of carbonyl (C=O) groups excluding carboxylic acids is 1. The molecular formula is C21H23N3O2S. The summed E-state index contributed by atoms with van der Waals surface area (Å²) < 4.78 is 5.63. The Morgan fingerprint density at radius 1 is 1.30 bits per heavy atom. The maximum absolute atomic E-state index is 12.7. The van der Waals surface area contributed by atoms with Crippen LogP contribution in [0, 0.1) is 13.8 Å². The van der Waals surface area contributed by atoms with Crippen molar-refractivity contribution in [3.63, 3.8) is 0 Å². The van der Waals surface area contributed by atoms with Gasteiger partial charge < -0.3 is 14.6 Å². The number of nitrogens with zero attached hydrogens (tertiary/aromatic N) is 2. The van der Waals surface area contributed by atoms with Crippen LogP contribution in [0.5, 0.6) is 0 Å². The van der Waals surface area contributed by atoms with Gasteiger partial charge in [0, 0.05) is 24.8 Å². The first-order valence-corrected chi connectivity index (χ1v) is 10.0. The molecule has 3 aromatic rings. The third kappa shape index (κ3) is 3.49. The fraction of sp³-hybridized carbons (Fsp3) is 0.333. The predicted molar refractivity (Wildman–Crippen MR) is 109 cm³/mol. The van der Waals surface area contributed by atoms with Gasteiger partial charge in [0.2, 0.25) is 0 Å². The molecule has 0 unspecified atom stereocenters. The molecule has 140 valence electrons. The van der Waals surface area contributed by atoms with E-state index in [9.17, 15) is 4.79 Å². The van der Waals surface area contributed by atoms with Crippen molar-refractivity contribution in [1.82, 2.24) is 10.3 Å². The number of nitrogens with one attached hydrogen (secondary N) is 1. The molecule has 2 aromatic heterocycles. The highest BCUT2D eigenvalue weighted by Crippen LogP contribution is 2.30. The van der Waals surface area contributed by atoms with Crippen LogP contribution in [0.15, 0.2) is 40.8 Å². The third-order valence-corrected chi connectivity index (χ3v) is 6.14. The van der Waals surface area contributed by atoms with Crippen LogP contribution in [0.4, 0.5) is 5.69 Å². The monoisotopic (exact) mass is 381 g/mol. The molecule has 0 radical (unpaired) electrons. The van der Waals surface area contributed by atoms with Gasteiger partial charge in [0.25, 0.3) is 5.91 Å². The molecule has 0 spiro atoms. The van der Waals surface area contributed by atoms with E-state index >= 15 is 0 Å². The van der Waals surface area contributed by atoms with Crippen LogP contribution < -0.4 is 10.2 Å². The summed E-state index contributed by atoms with van der Waals surface area (Å²) in [6.07, 6.45) is 1.06. The number of aromatic nitrogens is 1. The topological polar surface area (TPSA) is 58.4 Å². The average Bonchev–Trinajstić information content (AvgIpc) is 3.37. The van der Waals surface area contributed by atoms with Crippen molar-refractivity contribution in [3.8, 4) is 10.8 Å². The number of para-hydroxylation sites is 1. The quantitative estimate of drug-likeness (QED) is 0.720. The number of benzene rings is 1. The van der Waals surface area contributed by atoms with Gasteiger partial charge in [0.15, 0.2) is 10.8 Å². The Labute approximate surface area is 163 Å². The number of furan rings is 1. The molecule has 5 nitrogen and oxygen atoms in total. The van der Waals surface area contributed by atoms with Crippen molar-refractivity contribution in [1.29, 1.82) is 0 Å². The fourth-order valence-electron chi connectivity index (χ4n) is 3.51. The molecule has 0 saturated carbocycles. The van der Waals surface area contributed by atoms with Gasteiger partial charge in [-0.1, -0.05) is 18.2 Å². The number of anilines is 1. The van der Waals surface area contributed by atoms with E-state index in [-0.39, 0.29) is 11.9 Å². The van der Waals surface area contributed by atoms with Gasteiger partial charge in [-0.3, -0.25) is 4.79 Å². The van der Waals surface area contributed by atoms with Crippen molar-refractivity contribution in [2.24, 2.45) is 0 Å². The molecule has 1 N–H and O–H groups in total. The largest absolute Gasteiger partial charge is 0.459 e. The standard InChI is InChI=1S/C21H23N3O2S/c1-13(24-11-10-16-6-4-5-7-17(16)24)12-22-20(25)19-15(3)23-21(27-19)18-9-8-14(2)26-18/h4-9,13H,10-12H2,1-3H3,(H,22,25)/t13-/m1/s1. The normalized spacial score (nSPS) is 14.3. The molecule has 1 aliphatic rings. The Morgan fingerprint density at radius 2 is 2.11 bits per heavy atom. The summed E-state index contributed by atoms with van der Waals surface area (Å²) in [6, 6.07) is 12.5. The fourth-order valence-corrected chi connectivity index (χ4v) is 4.46. The number of carbonyl (C=O) groups is 1.